The molecule has 34 heavy (non-hydrogen) atoms. The van der Waals surface area contributed by atoms with Gasteiger partial charge in [0.1, 0.15) is 23.5 Å². The average molecular weight is 466 g/mol. The summed E-state index contributed by atoms with van der Waals surface area (Å²) in [4.78, 5) is 15.2. The molecule has 1 aromatic carbocycles. The minimum Gasteiger partial charge on any atom is -0.383 e. The number of nitrogens with two attached hydrogens (primary N) is 1. The molecule has 4 heterocycles. The van der Waals surface area contributed by atoms with E-state index in [1.807, 2.05) is 37.3 Å². The minimum atomic E-state index is -4.65. The summed E-state index contributed by atoms with van der Waals surface area (Å²) in [6, 6.07) is 9.13. The van der Waals surface area contributed by atoms with Gasteiger partial charge in [-0.2, -0.15) is 18.3 Å². The van der Waals surface area contributed by atoms with Crippen LogP contribution in [0.3, 0.4) is 0 Å². The zero-order valence-corrected chi connectivity index (χ0v) is 17.7. The Kier molecular flexibility index (Phi) is 5.15. The zero-order chi connectivity index (χ0) is 23.9. The molecule has 0 aliphatic carbocycles. The molecule has 1 atom stereocenters. The van der Waals surface area contributed by atoms with E-state index in [0.29, 0.717) is 23.1 Å². The fourth-order valence-electron chi connectivity index (χ4n) is 3.66. The second-order valence-corrected chi connectivity index (χ2v) is 7.39. The summed E-state index contributed by atoms with van der Waals surface area (Å²) in [5, 5.41) is 13.6. The highest BCUT2D eigenvalue weighted by molar-refractivity contribution is 5.98. The normalized spacial score (nSPS) is 12.8. The molecule has 0 unspecified atom stereocenters. The van der Waals surface area contributed by atoms with E-state index in [1.54, 1.807) is 15.6 Å². The number of nitrogen functional groups attached to an aromatic ring is 1. The molecule has 0 radical (unpaired) electrons. The fraction of sp³-hybridized carbons (Fsp3) is 0.190. The lowest BCUT2D eigenvalue weighted by molar-refractivity contribution is -0.144. The molecule has 0 aliphatic heterocycles. The van der Waals surface area contributed by atoms with Crippen LogP contribution >= 0.6 is 0 Å². The smallest absolute Gasteiger partial charge is 0.383 e. The average Bonchev–Trinajstić information content (AvgIpc) is 3.47. The minimum absolute atomic E-state index is 0.133. The summed E-state index contributed by atoms with van der Waals surface area (Å²) in [6.07, 6.45) is 1.14. The lowest BCUT2D eigenvalue weighted by atomic mass is 10.1. The summed E-state index contributed by atoms with van der Waals surface area (Å²) >= 11 is 0. The van der Waals surface area contributed by atoms with Gasteiger partial charge in [-0.05, 0) is 18.6 Å². The van der Waals surface area contributed by atoms with Gasteiger partial charge in [0.15, 0.2) is 5.65 Å². The van der Waals surface area contributed by atoms with Gasteiger partial charge in [-0.25, -0.2) is 29.3 Å². The molecule has 0 fully saturated rings. The van der Waals surface area contributed by atoms with Gasteiger partial charge in [0.05, 0.1) is 23.3 Å². The number of aromatic nitrogens is 9. The molecular formula is C21H17F3N10. The summed E-state index contributed by atoms with van der Waals surface area (Å²) < 4.78 is 42.0. The third-order valence-electron chi connectivity index (χ3n) is 5.25. The number of nitrogens with zero attached hydrogens (tertiary/aromatic N) is 9. The lowest BCUT2D eigenvalue weighted by Crippen LogP contribution is -2.13. The van der Waals surface area contributed by atoms with Crippen LogP contribution < -0.4 is 5.73 Å². The lowest BCUT2D eigenvalue weighted by Gasteiger charge is -2.13. The van der Waals surface area contributed by atoms with Gasteiger partial charge < -0.3 is 5.73 Å². The van der Waals surface area contributed by atoms with Crippen LogP contribution in [0.15, 0.2) is 55.2 Å². The maximum absolute atomic E-state index is 12.9. The van der Waals surface area contributed by atoms with Crippen LogP contribution in [0, 0.1) is 0 Å². The predicted molar refractivity (Wildman–Crippen MR) is 116 cm³/mol. The Labute approximate surface area is 190 Å². The first-order valence-electron chi connectivity index (χ1n) is 10.2. The number of fused-ring (bicyclic) bond motifs is 1. The molecule has 13 heteroatoms. The standard InChI is InChI=1S/C21H17F3N10/c1-2-15(14-10-33(32-30-14)13-6-4-3-5-7-13)34-19-16(18(25)28-11-29-19)17(31-34)12-8-26-20(27-9-12)21(22,23)24/h3-11,15H,2H2,1H3,(H2,25,28,29)/t15-/m0/s1. The number of hydrogen-bond donors (Lipinski definition) is 1. The number of alkyl halides is 3. The van der Waals surface area contributed by atoms with Gasteiger partial charge in [0.25, 0.3) is 0 Å². The van der Waals surface area contributed by atoms with E-state index in [0.717, 1.165) is 18.1 Å². The van der Waals surface area contributed by atoms with Gasteiger partial charge >= 0.3 is 6.18 Å². The Morgan fingerprint density at radius 3 is 2.44 bits per heavy atom. The Hall–Kier alpha value is -4.42. The molecule has 0 bridgehead atoms. The highest BCUT2D eigenvalue weighted by Gasteiger charge is 2.34. The summed E-state index contributed by atoms with van der Waals surface area (Å²) in [6.45, 7) is 1.95. The van der Waals surface area contributed by atoms with Crippen molar-refractivity contribution in [3.8, 4) is 16.9 Å². The maximum atomic E-state index is 12.9. The van der Waals surface area contributed by atoms with E-state index < -0.39 is 12.0 Å². The van der Waals surface area contributed by atoms with Crippen LogP contribution in [0.4, 0.5) is 19.0 Å². The van der Waals surface area contributed by atoms with Crippen molar-refractivity contribution in [2.75, 3.05) is 5.73 Å². The molecule has 4 aromatic heterocycles. The van der Waals surface area contributed by atoms with Crippen molar-refractivity contribution < 1.29 is 13.2 Å². The van der Waals surface area contributed by atoms with Gasteiger partial charge in [-0.15, -0.1) is 5.10 Å². The molecule has 10 nitrogen and oxygen atoms in total. The highest BCUT2D eigenvalue weighted by Crippen LogP contribution is 2.34. The monoisotopic (exact) mass is 466 g/mol. The summed E-state index contributed by atoms with van der Waals surface area (Å²) in [5.41, 5.74) is 8.51. The number of hydrogen-bond acceptors (Lipinski definition) is 8. The Balaban J connectivity index is 1.62. The number of rotatable bonds is 5. The van der Waals surface area contributed by atoms with Crippen LogP contribution in [0.1, 0.15) is 30.9 Å². The molecule has 172 valence electrons. The van der Waals surface area contributed by atoms with Crippen molar-refractivity contribution in [3.63, 3.8) is 0 Å². The van der Waals surface area contributed by atoms with Crippen molar-refractivity contribution in [2.24, 2.45) is 0 Å². The van der Waals surface area contributed by atoms with Crippen molar-refractivity contribution in [3.05, 3.63) is 66.8 Å². The van der Waals surface area contributed by atoms with Crippen molar-refractivity contribution >= 4 is 16.9 Å². The van der Waals surface area contributed by atoms with E-state index >= 15 is 0 Å². The SMILES string of the molecule is CC[C@@H](c1cn(-c2ccccc2)nn1)n1nc(-c2cnc(C(F)(F)F)nc2)c2c(N)ncnc21. The molecule has 0 spiro atoms. The van der Waals surface area contributed by atoms with Crippen LogP contribution in [-0.2, 0) is 6.18 Å². The fourth-order valence-corrected chi connectivity index (χ4v) is 3.66. The number of anilines is 1. The number of benzene rings is 1. The first kappa shape index (κ1) is 21.4. The van der Waals surface area contributed by atoms with Crippen LogP contribution in [0.5, 0.6) is 0 Å². The molecule has 2 N–H and O–H groups in total. The van der Waals surface area contributed by atoms with E-state index in [1.165, 1.54) is 6.33 Å². The van der Waals surface area contributed by atoms with E-state index in [2.05, 4.69) is 35.3 Å². The topological polar surface area (TPSA) is 126 Å². The van der Waals surface area contributed by atoms with Gasteiger partial charge in [-0.1, -0.05) is 30.3 Å². The first-order chi connectivity index (χ1) is 16.4. The van der Waals surface area contributed by atoms with E-state index in [9.17, 15) is 13.2 Å². The Morgan fingerprint density at radius 2 is 1.76 bits per heavy atom. The molecule has 0 aliphatic rings. The van der Waals surface area contributed by atoms with Gasteiger partial charge in [-0.3, -0.25) is 0 Å². The molecule has 0 saturated carbocycles. The second-order valence-electron chi connectivity index (χ2n) is 7.39. The predicted octanol–water partition coefficient (Wildman–Crippen LogP) is 3.46. The van der Waals surface area contributed by atoms with Gasteiger partial charge in [0.2, 0.25) is 5.82 Å². The van der Waals surface area contributed by atoms with Crippen molar-refractivity contribution in [1.29, 1.82) is 0 Å². The Bertz CT molecular complexity index is 1440. The van der Waals surface area contributed by atoms with Crippen LogP contribution in [0.2, 0.25) is 0 Å². The van der Waals surface area contributed by atoms with E-state index in [4.69, 9.17) is 5.73 Å². The number of halogens is 3. The van der Waals surface area contributed by atoms with Crippen molar-refractivity contribution in [2.45, 2.75) is 25.6 Å². The molecule has 5 rings (SSSR count). The Morgan fingerprint density at radius 1 is 1.03 bits per heavy atom. The molecular weight excluding hydrogens is 449 g/mol. The molecule has 0 amide bonds. The first-order valence-corrected chi connectivity index (χ1v) is 10.2. The van der Waals surface area contributed by atoms with E-state index in [-0.39, 0.29) is 23.1 Å². The third kappa shape index (κ3) is 3.70. The van der Waals surface area contributed by atoms with Gasteiger partial charge in [0, 0.05) is 18.0 Å². The highest BCUT2D eigenvalue weighted by atomic mass is 19.4. The maximum Gasteiger partial charge on any atom is 0.451 e. The zero-order valence-electron chi connectivity index (χ0n) is 17.7. The molecule has 5 aromatic rings. The van der Waals surface area contributed by atoms with Crippen molar-refractivity contribution in [1.82, 2.24) is 44.7 Å². The summed E-state index contributed by atoms with van der Waals surface area (Å²) in [5.74, 6) is -1.11. The molecule has 0 saturated heterocycles. The third-order valence-corrected chi connectivity index (χ3v) is 5.25. The largest absolute Gasteiger partial charge is 0.451 e. The number of para-hydroxylation sites is 1. The van der Waals surface area contributed by atoms with Crippen LogP contribution in [-0.4, -0.2) is 44.7 Å². The quantitative estimate of drug-likeness (QED) is 0.417. The second kappa shape index (κ2) is 8.17. The van der Waals surface area contributed by atoms with Crippen LogP contribution in [0.25, 0.3) is 28.0 Å². The summed E-state index contributed by atoms with van der Waals surface area (Å²) in [7, 11) is 0.